The second-order valence-electron chi connectivity index (χ2n) is 5.06. The Morgan fingerprint density at radius 2 is 2.21 bits per heavy atom. The third-order valence-electron chi connectivity index (χ3n) is 3.98. The lowest BCUT2D eigenvalue weighted by molar-refractivity contribution is -0.126. The van der Waals surface area contributed by atoms with E-state index in [0.29, 0.717) is 5.92 Å². The van der Waals surface area contributed by atoms with Crippen LogP contribution in [0.25, 0.3) is 0 Å². The van der Waals surface area contributed by atoms with Crippen LogP contribution in [-0.4, -0.2) is 27.3 Å². The number of hydrogen-bond donors (Lipinski definition) is 2. The fourth-order valence-electron chi connectivity index (χ4n) is 3.01. The van der Waals surface area contributed by atoms with Gasteiger partial charge in [0.2, 0.25) is 11.2 Å². The first kappa shape index (κ1) is 13.1. The van der Waals surface area contributed by atoms with Crippen molar-refractivity contribution in [2.45, 2.75) is 18.6 Å². The molecule has 0 aromatic carbocycles. The van der Waals surface area contributed by atoms with Gasteiger partial charge in [-0.1, -0.05) is 12.2 Å². The Hall–Kier alpha value is -0.850. The summed E-state index contributed by atoms with van der Waals surface area (Å²) in [7, 11) is 0. The topological polar surface area (TPSA) is 70.7 Å². The Labute approximate surface area is 124 Å². The molecule has 0 spiro atoms. The van der Waals surface area contributed by atoms with Gasteiger partial charge in [-0.15, -0.1) is 0 Å². The lowest BCUT2D eigenvalue weighted by Gasteiger charge is -2.30. The molecule has 1 fully saturated rings. The van der Waals surface area contributed by atoms with Crippen molar-refractivity contribution >= 4 is 39.0 Å². The highest BCUT2D eigenvalue weighted by molar-refractivity contribution is 9.07. The number of carbonyl (C=O) groups is 1. The molecule has 0 radical (unpaired) electrons. The zero-order valence-electron chi connectivity index (χ0n) is 10.0. The number of carbonyl (C=O) groups excluding carboxylic acids is 1. The number of nitrogens with one attached hydrogen (secondary N) is 1. The molecule has 2 bridgehead atoms. The number of allylic oxidation sites excluding steroid dienone is 1. The summed E-state index contributed by atoms with van der Waals surface area (Å²) < 4.78 is 1.53. The van der Waals surface area contributed by atoms with Gasteiger partial charge in [-0.05, 0) is 35.9 Å². The van der Waals surface area contributed by atoms with Crippen LogP contribution in [0.3, 0.4) is 0 Å². The van der Waals surface area contributed by atoms with Crippen LogP contribution in [0.2, 0.25) is 0 Å². The van der Waals surface area contributed by atoms with Gasteiger partial charge in [-0.2, -0.15) is 0 Å². The molecule has 1 amide bonds. The zero-order valence-corrected chi connectivity index (χ0v) is 12.4. The van der Waals surface area contributed by atoms with Crippen molar-refractivity contribution in [2.24, 2.45) is 28.5 Å². The Balaban J connectivity index is 1.68. The Morgan fingerprint density at radius 3 is 2.89 bits per heavy atom. The van der Waals surface area contributed by atoms with E-state index in [9.17, 15) is 4.79 Å². The van der Waals surface area contributed by atoms with Crippen LogP contribution in [-0.2, 0) is 4.79 Å². The lowest BCUT2D eigenvalue weighted by atomic mass is 9.88. The summed E-state index contributed by atoms with van der Waals surface area (Å²) in [6.45, 7) is 0. The minimum absolute atomic E-state index is 0.0326. The molecule has 102 valence electrons. The number of fused-ring (bicyclic) bond motifs is 2. The van der Waals surface area contributed by atoms with Crippen molar-refractivity contribution in [1.29, 1.82) is 0 Å². The average Bonchev–Trinajstić information content (AvgIpc) is 2.95. The van der Waals surface area contributed by atoms with Gasteiger partial charge in [0.15, 0.2) is 0 Å². The maximum Gasteiger partial charge on any atom is 0.227 e. The van der Waals surface area contributed by atoms with E-state index in [2.05, 4.69) is 38.6 Å². The molecule has 1 aliphatic heterocycles. The molecule has 1 saturated carbocycles. The summed E-state index contributed by atoms with van der Waals surface area (Å²) in [5, 5.41) is 3.21. The zero-order chi connectivity index (χ0) is 13.6. The van der Waals surface area contributed by atoms with E-state index in [1.807, 2.05) is 0 Å². The van der Waals surface area contributed by atoms with Crippen LogP contribution in [0.4, 0.5) is 0 Å². The third-order valence-corrected chi connectivity index (χ3v) is 5.24. The van der Waals surface area contributed by atoms with Gasteiger partial charge in [-0.3, -0.25) is 8.72 Å². The summed E-state index contributed by atoms with van der Waals surface area (Å²) >= 11 is 9.16. The molecule has 0 aromatic rings. The van der Waals surface area contributed by atoms with Gasteiger partial charge in [-0.25, -0.2) is 4.99 Å². The lowest BCUT2D eigenvalue weighted by Crippen LogP contribution is -2.51. The van der Waals surface area contributed by atoms with E-state index in [0.717, 1.165) is 6.42 Å². The predicted molar refractivity (Wildman–Crippen MR) is 77.3 cm³/mol. The number of amidine groups is 1. The second-order valence-corrected chi connectivity index (χ2v) is 6.16. The van der Waals surface area contributed by atoms with E-state index in [1.165, 1.54) is 3.93 Å². The Morgan fingerprint density at radius 1 is 1.47 bits per heavy atom. The molecule has 3 aliphatic rings. The molecule has 5 nitrogen and oxygen atoms in total. The van der Waals surface area contributed by atoms with Crippen LogP contribution in [0, 0.1) is 17.8 Å². The molecule has 1 heterocycles. The van der Waals surface area contributed by atoms with Crippen molar-refractivity contribution in [3.8, 4) is 0 Å². The highest BCUT2D eigenvalue weighted by Crippen LogP contribution is 2.42. The molecule has 2 aliphatic carbocycles. The molecular weight excluding hydrogens is 332 g/mol. The third kappa shape index (κ3) is 2.22. The predicted octanol–water partition coefficient (Wildman–Crippen LogP) is 1.31. The van der Waals surface area contributed by atoms with Gasteiger partial charge in [0.1, 0.15) is 6.17 Å². The first-order chi connectivity index (χ1) is 9.08. The minimum atomic E-state index is -0.340. The quantitative estimate of drug-likeness (QED) is 0.450. The fraction of sp³-hybridized carbons (Fsp3) is 0.500. The molecule has 0 saturated heterocycles. The van der Waals surface area contributed by atoms with Gasteiger partial charge < -0.3 is 11.1 Å². The van der Waals surface area contributed by atoms with Crippen molar-refractivity contribution in [3.63, 3.8) is 0 Å². The standard InChI is InChI=1S/C12H14BrClN4O/c13-18-8(3-4-16-12(18)14)17-11(19)9-6-1-2-7(5-6)10(9)15/h1-4,6-10H,5,15H2,(H,17,19)/t6-,7+,8?,9+,10-/m1/s1. The van der Waals surface area contributed by atoms with Crippen LogP contribution in [0.5, 0.6) is 0 Å². The van der Waals surface area contributed by atoms with Gasteiger partial charge >= 0.3 is 0 Å². The average molecular weight is 346 g/mol. The highest BCUT2D eigenvalue weighted by atomic mass is 79.9. The van der Waals surface area contributed by atoms with E-state index in [1.54, 1.807) is 12.3 Å². The number of nitrogens with two attached hydrogens (primary N) is 1. The largest absolute Gasteiger partial charge is 0.331 e. The Kier molecular flexibility index (Phi) is 3.41. The molecule has 7 heteroatoms. The molecule has 3 N–H and O–H groups in total. The molecular formula is C12H14BrClN4O. The van der Waals surface area contributed by atoms with Crippen LogP contribution < -0.4 is 11.1 Å². The van der Waals surface area contributed by atoms with Crippen LogP contribution in [0.15, 0.2) is 29.4 Å². The summed E-state index contributed by atoms with van der Waals surface area (Å²) in [6.07, 6.45) is 8.21. The second kappa shape index (κ2) is 4.92. The number of hydrogen-bond acceptors (Lipinski definition) is 4. The number of rotatable bonds is 2. The van der Waals surface area contributed by atoms with Gasteiger partial charge in [0, 0.05) is 12.2 Å². The molecule has 19 heavy (non-hydrogen) atoms. The first-order valence-corrected chi connectivity index (χ1v) is 7.26. The first-order valence-electron chi connectivity index (χ1n) is 6.17. The smallest absolute Gasteiger partial charge is 0.227 e. The normalized spacial score (nSPS) is 39.6. The van der Waals surface area contributed by atoms with Crippen LogP contribution in [0.1, 0.15) is 6.42 Å². The van der Waals surface area contributed by atoms with Crippen molar-refractivity contribution in [1.82, 2.24) is 9.24 Å². The van der Waals surface area contributed by atoms with E-state index in [4.69, 9.17) is 17.3 Å². The highest BCUT2D eigenvalue weighted by Gasteiger charge is 2.46. The van der Waals surface area contributed by atoms with E-state index in [-0.39, 0.29) is 35.2 Å². The number of amides is 1. The summed E-state index contributed by atoms with van der Waals surface area (Å²) in [4.78, 5) is 16.3. The maximum atomic E-state index is 12.4. The SMILES string of the molecule is N[C@H]1[C@@H](C(=O)NC2C=CN=C(Cl)N2Br)[C@@H]2C=C[C@H]1C2. The minimum Gasteiger partial charge on any atom is -0.331 e. The van der Waals surface area contributed by atoms with Crippen molar-refractivity contribution < 1.29 is 4.79 Å². The summed E-state index contributed by atoms with van der Waals surface area (Å²) in [5.74, 6) is 0.421. The van der Waals surface area contributed by atoms with E-state index < -0.39 is 0 Å². The van der Waals surface area contributed by atoms with Crippen molar-refractivity contribution in [2.75, 3.05) is 0 Å². The summed E-state index contributed by atoms with van der Waals surface area (Å²) in [5.41, 5.74) is 6.13. The van der Waals surface area contributed by atoms with Crippen LogP contribution >= 0.6 is 27.7 Å². The molecule has 1 unspecified atom stereocenters. The number of aliphatic imine (C=N–C) groups is 1. The van der Waals surface area contributed by atoms with Gasteiger partial charge in [0.25, 0.3) is 0 Å². The molecule has 0 aromatic heterocycles. The summed E-state index contributed by atoms with van der Waals surface area (Å²) in [6, 6.07) is -0.0875. The van der Waals surface area contributed by atoms with Crippen molar-refractivity contribution in [3.05, 3.63) is 24.4 Å². The number of halogens is 2. The maximum absolute atomic E-state index is 12.4. The number of nitrogens with zero attached hydrogens (tertiary/aromatic N) is 2. The van der Waals surface area contributed by atoms with E-state index >= 15 is 0 Å². The molecule has 5 atom stereocenters. The Bertz CT molecular complexity index is 492. The monoisotopic (exact) mass is 344 g/mol. The fourth-order valence-corrected chi connectivity index (χ4v) is 3.50. The molecule has 3 rings (SSSR count). The van der Waals surface area contributed by atoms with Gasteiger partial charge in [0.05, 0.1) is 22.1 Å².